The van der Waals surface area contributed by atoms with E-state index in [-0.39, 0.29) is 0 Å². The van der Waals surface area contributed by atoms with Crippen LogP contribution in [0.3, 0.4) is 0 Å². The minimum Gasteiger partial charge on any atom is -0.488 e. The van der Waals surface area contributed by atoms with Crippen molar-refractivity contribution < 1.29 is 14.2 Å². The van der Waals surface area contributed by atoms with E-state index in [1.54, 1.807) is 26.4 Å². The summed E-state index contributed by atoms with van der Waals surface area (Å²) in [6.45, 7) is 0.302. The summed E-state index contributed by atoms with van der Waals surface area (Å²) >= 11 is 3.48. The van der Waals surface area contributed by atoms with E-state index in [1.165, 1.54) is 0 Å². The molecule has 0 aliphatic heterocycles. The molecule has 0 N–H and O–H groups in total. The maximum atomic E-state index is 8.85. The molecule has 0 fully saturated rings. The molecule has 22 heavy (non-hydrogen) atoms. The van der Waals surface area contributed by atoms with Crippen molar-refractivity contribution in [2.24, 2.45) is 0 Å². The van der Waals surface area contributed by atoms with Gasteiger partial charge in [0.2, 0.25) is 0 Å². The van der Waals surface area contributed by atoms with E-state index in [0.29, 0.717) is 17.9 Å². The van der Waals surface area contributed by atoms with Gasteiger partial charge in [0, 0.05) is 18.7 Å². The normalized spacial score (nSPS) is 10.5. The zero-order chi connectivity index (χ0) is 15.9. The Kier molecular flexibility index (Phi) is 5.96. The predicted octanol–water partition coefficient (Wildman–Crippen LogP) is 3.99. The molecule has 0 radical (unpaired) electrons. The Balaban J connectivity index is 2.20. The molecule has 2 aromatic carbocycles. The maximum Gasteiger partial charge on any atom is 0.191 e. The van der Waals surface area contributed by atoms with Gasteiger partial charge in [-0.1, -0.05) is 28.1 Å². The fourth-order valence-corrected chi connectivity index (χ4v) is 2.42. The number of nitriles is 1. The number of nitrogens with zero attached hydrogens (tertiary/aromatic N) is 1. The van der Waals surface area contributed by atoms with Gasteiger partial charge in [-0.05, 0) is 41.5 Å². The number of hydrogen-bond donors (Lipinski definition) is 0. The summed E-state index contributed by atoms with van der Waals surface area (Å²) in [5.41, 5.74) is 2.65. The molecule has 5 heteroatoms. The molecule has 0 spiro atoms. The summed E-state index contributed by atoms with van der Waals surface area (Å²) in [7, 11) is 3.14. The Morgan fingerprint density at radius 1 is 1.05 bits per heavy atom. The number of methoxy groups -OCH3 is 2. The van der Waals surface area contributed by atoms with Gasteiger partial charge in [0.05, 0.1) is 11.6 Å². The van der Waals surface area contributed by atoms with Crippen molar-refractivity contribution in [2.45, 2.75) is 6.29 Å². The number of halogens is 1. The van der Waals surface area contributed by atoms with Crippen LogP contribution in [0.2, 0.25) is 0 Å². The molecule has 0 aromatic heterocycles. The van der Waals surface area contributed by atoms with Gasteiger partial charge in [-0.25, -0.2) is 0 Å². The van der Waals surface area contributed by atoms with Crippen LogP contribution in [0.25, 0.3) is 11.1 Å². The van der Waals surface area contributed by atoms with Gasteiger partial charge in [0.15, 0.2) is 6.29 Å². The van der Waals surface area contributed by atoms with Gasteiger partial charge in [-0.3, -0.25) is 0 Å². The molecular weight excluding hydrogens is 346 g/mol. The highest BCUT2D eigenvalue weighted by molar-refractivity contribution is 9.10. The summed E-state index contributed by atoms with van der Waals surface area (Å²) in [6, 6.07) is 15.4. The first-order chi connectivity index (χ1) is 10.7. The molecule has 2 aromatic rings. The Morgan fingerprint density at radius 2 is 1.73 bits per heavy atom. The topological polar surface area (TPSA) is 51.5 Å². The second-order valence-corrected chi connectivity index (χ2v) is 5.49. The maximum absolute atomic E-state index is 8.85. The Bertz CT molecular complexity index is 661. The van der Waals surface area contributed by atoms with Crippen molar-refractivity contribution in [3.8, 4) is 22.9 Å². The lowest BCUT2D eigenvalue weighted by atomic mass is 10.0. The Labute approximate surface area is 138 Å². The molecule has 0 aliphatic rings. The SMILES string of the molecule is COC(COc1cc(Br)cc(-c2ccc(C#N)cc2)c1)OC. The van der Waals surface area contributed by atoms with Gasteiger partial charge in [-0.2, -0.15) is 5.26 Å². The second-order valence-electron chi connectivity index (χ2n) is 4.58. The highest BCUT2D eigenvalue weighted by Gasteiger charge is 2.08. The fourth-order valence-electron chi connectivity index (χ4n) is 1.95. The predicted molar refractivity (Wildman–Crippen MR) is 87.6 cm³/mol. The van der Waals surface area contributed by atoms with Crippen LogP contribution in [0.5, 0.6) is 5.75 Å². The smallest absolute Gasteiger partial charge is 0.191 e. The number of ether oxygens (including phenoxy) is 3. The van der Waals surface area contributed by atoms with Crippen molar-refractivity contribution in [3.63, 3.8) is 0 Å². The van der Waals surface area contributed by atoms with E-state index in [2.05, 4.69) is 22.0 Å². The van der Waals surface area contributed by atoms with Crippen LogP contribution in [-0.4, -0.2) is 27.1 Å². The summed E-state index contributed by atoms with van der Waals surface area (Å²) in [4.78, 5) is 0. The van der Waals surface area contributed by atoms with Gasteiger partial charge in [0.25, 0.3) is 0 Å². The summed E-state index contributed by atoms with van der Waals surface area (Å²) < 4.78 is 16.8. The molecular formula is C17H16BrNO3. The first-order valence-electron chi connectivity index (χ1n) is 6.65. The summed E-state index contributed by atoms with van der Waals surface area (Å²) in [5, 5.41) is 8.85. The molecule has 0 heterocycles. The molecule has 0 amide bonds. The molecule has 2 rings (SSSR count). The number of hydrogen-bond acceptors (Lipinski definition) is 4. The van der Waals surface area contributed by atoms with Crippen LogP contribution in [0.15, 0.2) is 46.9 Å². The van der Waals surface area contributed by atoms with Crippen molar-refractivity contribution in [3.05, 3.63) is 52.5 Å². The van der Waals surface area contributed by atoms with Crippen LogP contribution in [-0.2, 0) is 9.47 Å². The standard InChI is InChI=1S/C17H16BrNO3/c1-20-17(21-2)11-22-16-8-14(7-15(18)9-16)13-5-3-12(10-19)4-6-13/h3-9,17H,11H2,1-2H3. The van der Waals surface area contributed by atoms with Gasteiger partial charge < -0.3 is 14.2 Å². The molecule has 0 bridgehead atoms. The average molecular weight is 362 g/mol. The lowest BCUT2D eigenvalue weighted by Crippen LogP contribution is -2.22. The van der Waals surface area contributed by atoms with Crippen LogP contribution in [0.1, 0.15) is 5.56 Å². The lowest BCUT2D eigenvalue weighted by Gasteiger charge is -2.15. The number of benzene rings is 2. The van der Waals surface area contributed by atoms with Crippen molar-refractivity contribution in [2.75, 3.05) is 20.8 Å². The lowest BCUT2D eigenvalue weighted by molar-refractivity contribution is -0.121. The summed E-state index contributed by atoms with van der Waals surface area (Å²) in [5.74, 6) is 0.716. The highest BCUT2D eigenvalue weighted by Crippen LogP contribution is 2.29. The van der Waals surface area contributed by atoms with E-state index in [4.69, 9.17) is 19.5 Å². The van der Waals surface area contributed by atoms with E-state index < -0.39 is 6.29 Å². The highest BCUT2D eigenvalue weighted by atomic mass is 79.9. The Morgan fingerprint density at radius 3 is 2.32 bits per heavy atom. The van der Waals surface area contributed by atoms with E-state index in [1.807, 2.05) is 30.3 Å². The molecule has 0 saturated heterocycles. The van der Waals surface area contributed by atoms with E-state index >= 15 is 0 Å². The number of rotatable bonds is 6. The zero-order valence-corrected chi connectivity index (χ0v) is 14.0. The molecule has 0 unspecified atom stereocenters. The summed E-state index contributed by atoms with van der Waals surface area (Å²) in [6.07, 6.45) is -0.405. The third-order valence-corrected chi connectivity index (χ3v) is 3.59. The van der Waals surface area contributed by atoms with Crippen LogP contribution < -0.4 is 4.74 Å². The zero-order valence-electron chi connectivity index (χ0n) is 12.4. The molecule has 0 saturated carbocycles. The minimum absolute atomic E-state index is 0.302. The van der Waals surface area contributed by atoms with Crippen molar-refractivity contribution >= 4 is 15.9 Å². The van der Waals surface area contributed by atoms with Crippen LogP contribution in [0, 0.1) is 11.3 Å². The van der Waals surface area contributed by atoms with Crippen LogP contribution >= 0.6 is 15.9 Å². The van der Waals surface area contributed by atoms with Gasteiger partial charge >= 0.3 is 0 Å². The van der Waals surface area contributed by atoms with Crippen molar-refractivity contribution in [1.82, 2.24) is 0 Å². The quantitative estimate of drug-likeness (QED) is 0.730. The third-order valence-electron chi connectivity index (χ3n) is 3.13. The van der Waals surface area contributed by atoms with Gasteiger partial charge in [0.1, 0.15) is 12.4 Å². The third kappa shape index (κ3) is 4.31. The first kappa shape index (κ1) is 16.5. The average Bonchev–Trinajstić information content (AvgIpc) is 2.55. The first-order valence-corrected chi connectivity index (χ1v) is 7.45. The Hall–Kier alpha value is -1.87. The molecule has 4 nitrogen and oxygen atoms in total. The van der Waals surface area contributed by atoms with Gasteiger partial charge in [-0.15, -0.1) is 0 Å². The second kappa shape index (κ2) is 7.95. The largest absolute Gasteiger partial charge is 0.488 e. The molecule has 114 valence electrons. The minimum atomic E-state index is -0.405. The van der Waals surface area contributed by atoms with Crippen molar-refractivity contribution in [1.29, 1.82) is 5.26 Å². The van der Waals surface area contributed by atoms with E-state index in [0.717, 1.165) is 15.6 Å². The monoisotopic (exact) mass is 361 g/mol. The van der Waals surface area contributed by atoms with Crippen LogP contribution in [0.4, 0.5) is 0 Å². The molecule has 0 atom stereocenters. The molecule has 0 aliphatic carbocycles. The fraction of sp³-hybridized carbons (Fsp3) is 0.235. The van der Waals surface area contributed by atoms with E-state index in [9.17, 15) is 0 Å².